The van der Waals surface area contributed by atoms with Crippen LogP contribution in [0.2, 0.25) is 0 Å². The van der Waals surface area contributed by atoms with Gasteiger partial charge in [-0.15, -0.1) is 0 Å². The summed E-state index contributed by atoms with van der Waals surface area (Å²) in [6.45, 7) is 0.783. The van der Waals surface area contributed by atoms with Crippen molar-refractivity contribution in [1.82, 2.24) is 14.9 Å². The third kappa shape index (κ3) is 4.01. The predicted molar refractivity (Wildman–Crippen MR) is 99.0 cm³/mol. The number of nitrogens with zero attached hydrogens (tertiary/aromatic N) is 5. The minimum Gasteiger partial charge on any atom is -0.472 e. The Morgan fingerprint density at radius 3 is 2.79 bits per heavy atom. The van der Waals surface area contributed by atoms with Gasteiger partial charge in [-0.25, -0.2) is 23.6 Å². The molecular formula is C20H17F2N5O2. The molecule has 1 aromatic heterocycles. The zero-order valence-corrected chi connectivity index (χ0v) is 15.3. The molecule has 2 atom stereocenters. The molecule has 0 N–H and O–H groups in total. The van der Waals surface area contributed by atoms with Gasteiger partial charge in [-0.3, -0.25) is 0 Å². The molecule has 0 saturated carbocycles. The molecule has 2 aromatic rings. The molecule has 1 aromatic carbocycles. The summed E-state index contributed by atoms with van der Waals surface area (Å²) in [4.78, 5) is 18.6. The van der Waals surface area contributed by atoms with Gasteiger partial charge in [-0.05, 0) is 23.8 Å². The van der Waals surface area contributed by atoms with Crippen LogP contribution in [0, 0.1) is 23.0 Å². The van der Waals surface area contributed by atoms with Crippen LogP contribution in [0.4, 0.5) is 13.6 Å². The number of ether oxygens (including phenoxy) is 1. The average molecular weight is 397 g/mol. The summed E-state index contributed by atoms with van der Waals surface area (Å²) in [7, 11) is 0. The monoisotopic (exact) mass is 397 g/mol. The highest BCUT2D eigenvalue weighted by atomic mass is 19.1. The SMILES string of the molecule is N#Cc1cccc(OC2CCN(C(=O)N3N=CCC3c3cc(F)cc(F)c3)C2)n1. The van der Waals surface area contributed by atoms with Crippen LogP contribution in [-0.4, -0.2) is 46.3 Å². The number of nitriles is 1. The molecule has 2 amide bonds. The van der Waals surface area contributed by atoms with E-state index in [4.69, 9.17) is 10.00 Å². The molecule has 29 heavy (non-hydrogen) atoms. The van der Waals surface area contributed by atoms with Crippen molar-refractivity contribution in [2.75, 3.05) is 13.1 Å². The van der Waals surface area contributed by atoms with Crippen molar-refractivity contribution >= 4 is 12.2 Å². The normalized spacial score (nSPS) is 20.7. The Labute approximate surface area is 165 Å². The van der Waals surface area contributed by atoms with E-state index < -0.39 is 17.7 Å². The van der Waals surface area contributed by atoms with Crippen LogP contribution < -0.4 is 4.74 Å². The van der Waals surface area contributed by atoms with Crippen LogP contribution in [0.25, 0.3) is 0 Å². The van der Waals surface area contributed by atoms with Gasteiger partial charge in [-0.2, -0.15) is 10.4 Å². The predicted octanol–water partition coefficient (Wildman–Crippen LogP) is 3.24. The number of aromatic nitrogens is 1. The van der Waals surface area contributed by atoms with E-state index in [1.807, 2.05) is 6.07 Å². The zero-order valence-electron chi connectivity index (χ0n) is 15.3. The van der Waals surface area contributed by atoms with E-state index in [0.717, 1.165) is 6.07 Å². The Morgan fingerprint density at radius 1 is 1.24 bits per heavy atom. The number of hydrogen-bond donors (Lipinski definition) is 0. The van der Waals surface area contributed by atoms with Crippen molar-refractivity contribution < 1.29 is 18.3 Å². The molecule has 2 unspecified atom stereocenters. The average Bonchev–Trinajstić information content (AvgIpc) is 3.36. The Morgan fingerprint density at radius 2 is 2.03 bits per heavy atom. The maximum Gasteiger partial charge on any atom is 0.341 e. The van der Waals surface area contributed by atoms with E-state index >= 15 is 0 Å². The van der Waals surface area contributed by atoms with Gasteiger partial charge in [0.15, 0.2) is 0 Å². The first kappa shape index (κ1) is 18.8. The van der Waals surface area contributed by atoms with Gasteiger partial charge in [0.25, 0.3) is 0 Å². The summed E-state index contributed by atoms with van der Waals surface area (Å²) in [6.07, 6.45) is 2.28. The summed E-state index contributed by atoms with van der Waals surface area (Å²) in [6, 6.07) is 9.19. The minimum atomic E-state index is -0.693. The van der Waals surface area contributed by atoms with Crippen molar-refractivity contribution in [3.05, 3.63) is 59.3 Å². The molecule has 9 heteroatoms. The molecule has 0 bridgehead atoms. The number of urea groups is 1. The van der Waals surface area contributed by atoms with Crippen LogP contribution in [0.5, 0.6) is 5.88 Å². The lowest BCUT2D eigenvalue weighted by Crippen LogP contribution is -2.40. The molecule has 2 aliphatic rings. The Balaban J connectivity index is 1.43. The second-order valence-electron chi connectivity index (χ2n) is 6.83. The van der Waals surface area contributed by atoms with E-state index in [-0.39, 0.29) is 17.8 Å². The fourth-order valence-electron chi connectivity index (χ4n) is 3.50. The maximum absolute atomic E-state index is 13.6. The van der Waals surface area contributed by atoms with E-state index in [1.165, 1.54) is 17.1 Å². The van der Waals surface area contributed by atoms with Crippen molar-refractivity contribution in [3.63, 3.8) is 0 Å². The molecule has 1 saturated heterocycles. The number of hydrazone groups is 1. The van der Waals surface area contributed by atoms with Gasteiger partial charge in [0, 0.05) is 37.7 Å². The highest BCUT2D eigenvalue weighted by Crippen LogP contribution is 2.31. The number of pyridine rings is 1. The van der Waals surface area contributed by atoms with Crippen LogP contribution >= 0.6 is 0 Å². The number of carbonyl (C=O) groups excluding carboxylic acids is 1. The lowest BCUT2D eigenvalue weighted by atomic mass is 10.0. The second-order valence-corrected chi connectivity index (χ2v) is 6.83. The zero-order chi connectivity index (χ0) is 20.4. The van der Waals surface area contributed by atoms with E-state index in [2.05, 4.69) is 10.1 Å². The van der Waals surface area contributed by atoms with Crippen molar-refractivity contribution in [2.45, 2.75) is 25.0 Å². The number of carbonyl (C=O) groups is 1. The van der Waals surface area contributed by atoms with Gasteiger partial charge in [0.05, 0.1) is 12.6 Å². The summed E-state index contributed by atoms with van der Waals surface area (Å²) in [5.74, 6) is -1.06. The number of amides is 2. The lowest BCUT2D eigenvalue weighted by molar-refractivity contribution is 0.141. The fraction of sp³-hybridized carbons (Fsp3) is 0.300. The second kappa shape index (κ2) is 7.83. The summed E-state index contributed by atoms with van der Waals surface area (Å²) in [5.41, 5.74) is 0.614. The molecule has 0 radical (unpaired) electrons. The topological polar surface area (TPSA) is 81.8 Å². The van der Waals surface area contributed by atoms with Crippen molar-refractivity contribution in [3.8, 4) is 11.9 Å². The van der Waals surface area contributed by atoms with E-state index in [0.29, 0.717) is 37.4 Å². The lowest BCUT2D eigenvalue weighted by Gasteiger charge is -2.27. The number of likely N-dealkylation sites (tertiary alicyclic amines) is 1. The molecule has 0 spiro atoms. The first-order valence-corrected chi connectivity index (χ1v) is 9.14. The molecule has 4 rings (SSSR count). The van der Waals surface area contributed by atoms with Crippen LogP contribution in [-0.2, 0) is 0 Å². The van der Waals surface area contributed by atoms with Crippen LogP contribution in [0.15, 0.2) is 41.5 Å². The number of halogens is 2. The Hall–Kier alpha value is -3.54. The molecule has 7 nitrogen and oxygen atoms in total. The van der Waals surface area contributed by atoms with Crippen molar-refractivity contribution in [1.29, 1.82) is 5.26 Å². The van der Waals surface area contributed by atoms with Gasteiger partial charge < -0.3 is 9.64 Å². The quantitative estimate of drug-likeness (QED) is 0.796. The van der Waals surface area contributed by atoms with Crippen LogP contribution in [0.3, 0.4) is 0 Å². The van der Waals surface area contributed by atoms with Gasteiger partial charge >= 0.3 is 6.03 Å². The third-order valence-electron chi connectivity index (χ3n) is 4.84. The summed E-state index contributed by atoms with van der Waals surface area (Å²) >= 11 is 0. The molecule has 148 valence electrons. The van der Waals surface area contributed by atoms with Gasteiger partial charge in [0.1, 0.15) is 29.5 Å². The highest BCUT2D eigenvalue weighted by Gasteiger charge is 2.36. The Kier molecular flexibility index (Phi) is 5.08. The first-order valence-electron chi connectivity index (χ1n) is 9.14. The summed E-state index contributed by atoms with van der Waals surface area (Å²) in [5, 5.41) is 14.3. The standard InChI is InChI=1S/C20H17F2N5O2/c21-14-8-13(9-15(22)10-14)18-4-6-24-27(18)20(28)26-7-5-17(12-26)29-19-3-1-2-16(11-23)25-19/h1-3,6,8-10,17-18H,4-5,7,12H2. The van der Waals surface area contributed by atoms with Crippen molar-refractivity contribution in [2.24, 2.45) is 5.10 Å². The Bertz CT molecular complexity index is 986. The van der Waals surface area contributed by atoms with Gasteiger partial charge in [0.2, 0.25) is 5.88 Å². The number of rotatable bonds is 3. The molecule has 2 aliphatic heterocycles. The minimum absolute atomic E-state index is 0.255. The number of benzene rings is 1. The molecule has 0 aliphatic carbocycles. The third-order valence-corrected chi connectivity index (χ3v) is 4.84. The number of hydrogen-bond acceptors (Lipinski definition) is 5. The molecule has 3 heterocycles. The smallest absolute Gasteiger partial charge is 0.341 e. The van der Waals surface area contributed by atoms with Crippen LogP contribution in [0.1, 0.15) is 30.1 Å². The first-order chi connectivity index (χ1) is 14.0. The summed E-state index contributed by atoms with van der Waals surface area (Å²) < 4.78 is 33.0. The molecule has 1 fully saturated rings. The fourth-order valence-corrected chi connectivity index (χ4v) is 3.50. The highest BCUT2D eigenvalue weighted by molar-refractivity contribution is 5.78. The van der Waals surface area contributed by atoms with E-state index in [9.17, 15) is 13.6 Å². The molecular weight excluding hydrogens is 380 g/mol. The maximum atomic E-state index is 13.6. The van der Waals surface area contributed by atoms with Gasteiger partial charge in [-0.1, -0.05) is 6.07 Å². The largest absolute Gasteiger partial charge is 0.472 e. The van der Waals surface area contributed by atoms with E-state index in [1.54, 1.807) is 29.3 Å².